The molecule has 1 aliphatic heterocycles. The Morgan fingerprint density at radius 1 is 1.29 bits per heavy atom. The third-order valence-corrected chi connectivity index (χ3v) is 4.47. The Morgan fingerprint density at radius 2 is 2.00 bits per heavy atom. The number of primary amides is 1. The number of aliphatic carboxylic acids is 1. The van der Waals surface area contributed by atoms with Crippen LogP contribution in [-0.4, -0.2) is 49.6 Å². The van der Waals surface area contributed by atoms with E-state index in [4.69, 9.17) is 5.73 Å². The molecule has 126 valence electrons. The first-order valence-electron chi connectivity index (χ1n) is 7.55. The first-order valence-corrected chi connectivity index (χ1v) is 7.55. The van der Waals surface area contributed by atoms with Gasteiger partial charge in [-0.3, -0.25) is 9.78 Å². The number of imidazole rings is 1. The minimum atomic E-state index is -1.02. The fourth-order valence-corrected chi connectivity index (χ4v) is 3.12. The molecule has 3 N–H and O–H groups in total. The molecule has 2 aromatic rings. The number of hydrogen-bond acceptors (Lipinski definition) is 6. The number of piperidine rings is 1. The van der Waals surface area contributed by atoms with Gasteiger partial charge in [-0.05, 0) is 19.8 Å². The summed E-state index contributed by atoms with van der Waals surface area (Å²) in [4.78, 5) is 37.4. The molecule has 24 heavy (non-hydrogen) atoms. The van der Waals surface area contributed by atoms with E-state index in [-0.39, 0.29) is 5.69 Å². The molecule has 9 heteroatoms. The van der Waals surface area contributed by atoms with Crippen molar-refractivity contribution >= 4 is 17.7 Å². The molecule has 1 saturated heterocycles. The molecular weight excluding hydrogens is 312 g/mol. The molecule has 3 heterocycles. The van der Waals surface area contributed by atoms with E-state index in [0.717, 1.165) is 0 Å². The molecule has 0 atom stereocenters. The zero-order valence-corrected chi connectivity index (χ0v) is 13.2. The standard InChI is InChI=1S/C15H18N6O3/c1-10-18-4-7-21(10)15(14(23)24)2-5-20(6-3-15)12-9-17-8-11(19-12)13(16)22/h4,7-9H,2-3,5-6H2,1H3,(H2,16,22)(H,23,24). The van der Waals surface area contributed by atoms with E-state index in [1.165, 1.54) is 6.20 Å². The van der Waals surface area contributed by atoms with Crippen molar-refractivity contribution in [2.24, 2.45) is 5.73 Å². The van der Waals surface area contributed by atoms with Crippen LogP contribution < -0.4 is 10.6 Å². The number of carboxylic acid groups (broad SMARTS) is 1. The van der Waals surface area contributed by atoms with Crippen LogP contribution in [0.15, 0.2) is 24.8 Å². The highest BCUT2D eigenvalue weighted by Gasteiger charge is 2.44. The fourth-order valence-electron chi connectivity index (χ4n) is 3.12. The summed E-state index contributed by atoms with van der Waals surface area (Å²) < 4.78 is 1.72. The van der Waals surface area contributed by atoms with Crippen LogP contribution in [0.25, 0.3) is 0 Å². The average Bonchev–Trinajstić information content (AvgIpc) is 3.01. The molecule has 0 aromatic carbocycles. The van der Waals surface area contributed by atoms with Crippen LogP contribution in [0.2, 0.25) is 0 Å². The lowest BCUT2D eigenvalue weighted by Gasteiger charge is -2.40. The SMILES string of the molecule is Cc1nccn1C1(C(=O)O)CCN(c2cncc(C(N)=O)n2)CC1. The lowest BCUT2D eigenvalue weighted by atomic mass is 9.87. The highest BCUT2D eigenvalue weighted by molar-refractivity contribution is 5.90. The van der Waals surface area contributed by atoms with E-state index < -0.39 is 17.4 Å². The Balaban J connectivity index is 1.84. The van der Waals surface area contributed by atoms with Crippen molar-refractivity contribution in [3.05, 3.63) is 36.3 Å². The Hall–Kier alpha value is -2.97. The van der Waals surface area contributed by atoms with E-state index in [1.807, 2.05) is 4.90 Å². The van der Waals surface area contributed by atoms with Gasteiger partial charge in [-0.15, -0.1) is 0 Å². The molecule has 0 aliphatic carbocycles. The maximum Gasteiger partial charge on any atom is 0.330 e. The van der Waals surface area contributed by atoms with E-state index in [1.54, 1.807) is 30.1 Å². The molecule has 0 unspecified atom stereocenters. The Labute approximate surface area is 138 Å². The molecule has 0 spiro atoms. The first kappa shape index (κ1) is 15.9. The largest absolute Gasteiger partial charge is 0.479 e. The van der Waals surface area contributed by atoms with Crippen LogP contribution in [0, 0.1) is 6.92 Å². The zero-order chi connectivity index (χ0) is 17.3. The number of anilines is 1. The number of rotatable bonds is 4. The Kier molecular flexibility index (Phi) is 3.92. The van der Waals surface area contributed by atoms with Gasteiger partial charge < -0.3 is 20.3 Å². The quantitative estimate of drug-likeness (QED) is 0.817. The third kappa shape index (κ3) is 2.57. The monoisotopic (exact) mass is 330 g/mol. The summed E-state index contributed by atoms with van der Waals surface area (Å²) in [5, 5.41) is 9.80. The normalized spacial score (nSPS) is 16.8. The number of nitrogens with zero attached hydrogens (tertiary/aromatic N) is 5. The third-order valence-electron chi connectivity index (χ3n) is 4.47. The number of carbonyl (C=O) groups is 2. The van der Waals surface area contributed by atoms with Crippen molar-refractivity contribution < 1.29 is 14.7 Å². The molecule has 3 rings (SSSR count). The Morgan fingerprint density at radius 3 is 2.54 bits per heavy atom. The number of aromatic nitrogens is 4. The number of aryl methyl sites for hydroxylation is 1. The predicted octanol–water partition coefficient (Wildman–Crippen LogP) is 0.161. The van der Waals surface area contributed by atoms with Gasteiger partial charge in [0.2, 0.25) is 0 Å². The van der Waals surface area contributed by atoms with Crippen molar-refractivity contribution in [1.82, 2.24) is 19.5 Å². The van der Waals surface area contributed by atoms with Gasteiger partial charge in [-0.2, -0.15) is 0 Å². The van der Waals surface area contributed by atoms with E-state index in [0.29, 0.717) is 37.6 Å². The second-order valence-electron chi connectivity index (χ2n) is 5.80. The van der Waals surface area contributed by atoms with Crippen molar-refractivity contribution in [2.45, 2.75) is 25.3 Å². The summed E-state index contributed by atoms with van der Waals surface area (Å²) in [7, 11) is 0. The molecule has 1 amide bonds. The zero-order valence-electron chi connectivity index (χ0n) is 13.2. The lowest BCUT2D eigenvalue weighted by Crippen LogP contribution is -2.51. The molecule has 1 aliphatic rings. The van der Waals surface area contributed by atoms with Gasteiger partial charge in [0.25, 0.3) is 5.91 Å². The maximum atomic E-state index is 12.0. The van der Waals surface area contributed by atoms with Crippen LogP contribution in [0.3, 0.4) is 0 Å². The second kappa shape index (κ2) is 5.91. The summed E-state index contributed by atoms with van der Waals surface area (Å²) >= 11 is 0. The summed E-state index contributed by atoms with van der Waals surface area (Å²) in [6, 6.07) is 0. The molecule has 0 saturated carbocycles. The fraction of sp³-hybridized carbons (Fsp3) is 0.400. The number of carbonyl (C=O) groups excluding carboxylic acids is 1. The van der Waals surface area contributed by atoms with E-state index in [2.05, 4.69) is 15.0 Å². The molecule has 0 bridgehead atoms. The number of nitrogens with two attached hydrogens (primary N) is 1. The van der Waals surface area contributed by atoms with Crippen LogP contribution in [-0.2, 0) is 10.3 Å². The van der Waals surface area contributed by atoms with E-state index >= 15 is 0 Å². The molecule has 0 radical (unpaired) electrons. The highest BCUT2D eigenvalue weighted by Crippen LogP contribution is 2.33. The predicted molar refractivity (Wildman–Crippen MR) is 84.6 cm³/mol. The summed E-state index contributed by atoms with van der Waals surface area (Å²) in [5.41, 5.74) is 4.30. The van der Waals surface area contributed by atoms with Gasteiger partial charge in [0, 0.05) is 25.5 Å². The van der Waals surface area contributed by atoms with Crippen molar-refractivity contribution in [3.63, 3.8) is 0 Å². The lowest BCUT2D eigenvalue weighted by molar-refractivity contribution is -0.149. The van der Waals surface area contributed by atoms with Crippen LogP contribution in [0.5, 0.6) is 0 Å². The van der Waals surface area contributed by atoms with Crippen molar-refractivity contribution in [2.75, 3.05) is 18.0 Å². The minimum absolute atomic E-state index is 0.0908. The summed E-state index contributed by atoms with van der Waals surface area (Å²) in [6.07, 6.45) is 6.94. The molecule has 2 aromatic heterocycles. The van der Waals surface area contributed by atoms with Crippen molar-refractivity contribution in [1.29, 1.82) is 0 Å². The summed E-state index contributed by atoms with van der Waals surface area (Å²) in [5.74, 6) is -0.329. The second-order valence-corrected chi connectivity index (χ2v) is 5.80. The van der Waals surface area contributed by atoms with Crippen molar-refractivity contribution in [3.8, 4) is 0 Å². The molecule has 9 nitrogen and oxygen atoms in total. The Bertz CT molecular complexity index is 779. The molecule has 1 fully saturated rings. The first-order chi connectivity index (χ1) is 11.4. The van der Waals surface area contributed by atoms with Gasteiger partial charge in [0.1, 0.15) is 22.9 Å². The van der Waals surface area contributed by atoms with Gasteiger partial charge >= 0.3 is 5.97 Å². The van der Waals surface area contributed by atoms with Crippen LogP contribution in [0.4, 0.5) is 5.82 Å². The number of amides is 1. The smallest absolute Gasteiger partial charge is 0.330 e. The van der Waals surface area contributed by atoms with Crippen LogP contribution >= 0.6 is 0 Å². The number of hydrogen-bond donors (Lipinski definition) is 2. The highest BCUT2D eigenvalue weighted by atomic mass is 16.4. The maximum absolute atomic E-state index is 12.0. The number of carboxylic acids is 1. The average molecular weight is 330 g/mol. The van der Waals surface area contributed by atoms with E-state index in [9.17, 15) is 14.7 Å². The van der Waals surface area contributed by atoms with Crippen LogP contribution in [0.1, 0.15) is 29.2 Å². The van der Waals surface area contributed by atoms with Gasteiger partial charge in [0.15, 0.2) is 0 Å². The summed E-state index contributed by atoms with van der Waals surface area (Å²) in [6.45, 7) is 2.74. The van der Waals surface area contributed by atoms with Gasteiger partial charge in [0.05, 0.1) is 12.4 Å². The van der Waals surface area contributed by atoms with Gasteiger partial charge in [-0.25, -0.2) is 14.8 Å². The van der Waals surface area contributed by atoms with Gasteiger partial charge in [-0.1, -0.05) is 0 Å². The minimum Gasteiger partial charge on any atom is -0.479 e. The topological polar surface area (TPSA) is 127 Å². The molecular formula is C15H18N6O3.